The number of amides is 1. The van der Waals surface area contributed by atoms with Gasteiger partial charge in [0, 0.05) is 19.8 Å². The fraction of sp³-hybridized carbons (Fsp3) is 0.500. The normalized spacial score (nSPS) is 7.86. The molecule has 0 atom stereocenters. The van der Waals surface area contributed by atoms with Crippen molar-refractivity contribution in [1.29, 1.82) is 0 Å². The first kappa shape index (κ1) is 10.7. The van der Waals surface area contributed by atoms with Crippen LogP contribution < -0.4 is 5.73 Å². The molecule has 7 heavy (non-hydrogen) atoms. The van der Waals surface area contributed by atoms with Gasteiger partial charge in [0.2, 0.25) is 5.91 Å². The largest absolute Gasteiger partial charge is 0.368 e. The van der Waals surface area contributed by atoms with E-state index in [1.807, 2.05) is 0 Å². The number of rotatable bonds is 1. The zero-order chi connectivity index (χ0) is 5.15. The van der Waals surface area contributed by atoms with E-state index in [1.165, 1.54) is 0 Å². The third kappa shape index (κ3) is 6.81. The van der Waals surface area contributed by atoms with Gasteiger partial charge in [-0.15, -0.1) is 0 Å². The Morgan fingerprint density at radius 2 is 1.71 bits per heavy atom. The molecule has 0 fully saturated rings. The van der Waals surface area contributed by atoms with Crippen molar-refractivity contribution >= 4 is 31.2 Å². The molecule has 0 aromatic heterocycles. The van der Waals surface area contributed by atoms with Gasteiger partial charge >= 0.3 is 0 Å². The quantitative estimate of drug-likeness (QED) is 0.450. The second kappa shape index (κ2) is 4.95. The summed E-state index contributed by atoms with van der Waals surface area (Å²) >= 11 is 7.17. The zero-order valence-electron chi connectivity index (χ0n) is 3.31. The van der Waals surface area contributed by atoms with E-state index in [4.69, 9.17) is 0 Å². The Morgan fingerprint density at radius 1 is 1.57 bits per heavy atom. The van der Waals surface area contributed by atoms with Gasteiger partial charge in [-0.1, -0.05) is 0 Å². The molecular formula is C2H5NOOsS2. The standard InChI is InChI=1S/C2H5NOS2.Os/c3-1(4)2(5)6;/h2,5-6H,(H2,3,4);. The van der Waals surface area contributed by atoms with Crippen LogP contribution in [0, 0.1) is 0 Å². The molecular weight excluding hydrogens is 308 g/mol. The smallest absolute Gasteiger partial charge is 0.240 e. The second-order valence-electron chi connectivity index (χ2n) is 0.776. The van der Waals surface area contributed by atoms with Crippen molar-refractivity contribution in [2.45, 2.75) is 4.58 Å². The zero-order valence-corrected chi connectivity index (χ0v) is 7.64. The predicted octanol–water partition coefficient (Wildman–Crippen LogP) is -0.345. The number of nitrogens with two attached hydrogens (primary N) is 1. The van der Waals surface area contributed by atoms with Crippen LogP contribution in [0.4, 0.5) is 0 Å². The molecule has 0 radical (unpaired) electrons. The van der Waals surface area contributed by atoms with Crippen LogP contribution in [0.15, 0.2) is 0 Å². The summed E-state index contributed by atoms with van der Waals surface area (Å²) in [6.07, 6.45) is 0. The minimum atomic E-state index is -0.620. The van der Waals surface area contributed by atoms with E-state index in [1.54, 1.807) is 0 Å². The van der Waals surface area contributed by atoms with Crippen molar-refractivity contribution in [3.8, 4) is 0 Å². The van der Waals surface area contributed by atoms with E-state index < -0.39 is 10.5 Å². The van der Waals surface area contributed by atoms with E-state index in [0.717, 1.165) is 0 Å². The molecule has 0 unspecified atom stereocenters. The Labute approximate surface area is 66.1 Å². The van der Waals surface area contributed by atoms with Gasteiger partial charge in [-0.2, -0.15) is 25.3 Å². The number of carbonyl (C=O) groups is 1. The molecule has 2 nitrogen and oxygen atoms in total. The molecule has 1 amide bonds. The average Bonchev–Trinajstić information content (AvgIpc) is 1.36. The molecule has 44 valence electrons. The van der Waals surface area contributed by atoms with Crippen LogP contribution in [0.1, 0.15) is 0 Å². The summed E-state index contributed by atoms with van der Waals surface area (Å²) in [5.41, 5.74) is 4.64. The Balaban J connectivity index is 0. The Kier molecular flexibility index (Phi) is 7.59. The number of primary amides is 1. The van der Waals surface area contributed by atoms with Crippen LogP contribution >= 0.6 is 25.3 Å². The van der Waals surface area contributed by atoms with Gasteiger partial charge in [-0.05, 0) is 0 Å². The van der Waals surface area contributed by atoms with E-state index in [0.29, 0.717) is 0 Å². The van der Waals surface area contributed by atoms with Crippen molar-refractivity contribution in [2.24, 2.45) is 5.73 Å². The van der Waals surface area contributed by atoms with Gasteiger partial charge < -0.3 is 5.73 Å². The van der Waals surface area contributed by atoms with Crippen molar-refractivity contribution in [2.75, 3.05) is 0 Å². The first-order valence-corrected chi connectivity index (χ1v) is 2.33. The molecule has 0 aliphatic rings. The SMILES string of the molecule is NC(=O)C(S)S.[Os]. The molecule has 5 heteroatoms. The monoisotopic (exact) mass is 315 g/mol. The van der Waals surface area contributed by atoms with Crippen molar-refractivity contribution in [1.82, 2.24) is 0 Å². The minimum absolute atomic E-state index is 0. The molecule has 0 aliphatic carbocycles. The maximum absolute atomic E-state index is 9.77. The minimum Gasteiger partial charge on any atom is -0.368 e. The van der Waals surface area contributed by atoms with Gasteiger partial charge in [0.25, 0.3) is 0 Å². The molecule has 0 saturated carbocycles. The fourth-order valence-corrected chi connectivity index (χ4v) is 0. The average molecular weight is 313 g/mol. The van der Waals surface area contributed by atoms with E-state index in [9.17, 15) is 4.79 Å². The second-order valence-corrected chi connectivity index (χ2v) is 2.22. The van der Waals surface area contributed by atoms with Crippen LogP contribution in [0.25, 0.3) is 0 Å². The number of hydrogen-bond donors (Lipinski definition) is 3. The Bertz CT molecular complexity index is 66.7. The van der Waals surface area contributed by atoms with Gasteiger partial charge in [-0.3, -0.25) is 4.79 Å². The summed E-state index contributed by atoms with van der Waals surface area (Å²) in [5.74, 6) is -0.512. The van der Waals surface area contributed by atoms with E-state index >= 15 is 0 Å². The van der Waals surface area contributed by atoms with Crippen molar-refractivity contribution < 1.29 is 24.6 Å². The summed E-state index contributed by atoms with van der Waals surface area (Å²) in [5, 5.41) is 0. The summed E-state index contributed by atoms with van der Waals surface area (Å²) < 4.78 is -0.620. The van der Waals surface area contributed by atoms with Crippen LogP contribution in [0.3, 0.4) is 0 Å². The van der Waals surface area contributed by atoms with Crippen molar-refractivity contribution in [3.05, 3.63) is 0 Å². The van der Waals surface area contributed by atoms with Gasteiger partial charge in [0.05, 0.1) is 0 Å². The maximum atomic E-state index is 9.77. The summed E-state index contributed by atoms with van der Waals surface area (Å²) in [6, 6.07) is 0. The van der Waals surface area contributed by atoms with Crippen LogP contribution in [0.2, 0.25) is 0 Å². The number of thiol groups is 2. The molecule has 0 aromatic carbocycles. The first-order chi connectivity index (χ1) is 2.64. The summed E-state index contributed by atoms with van der Waals surface area (Å²) in [6.45, 7) is 0. The van der Waals surface area contributed by atoms with Crippen LogP contribution in [0.5, 0.6) is 0 Å². The van der Waals surface area contributed by atoms with Gasteiger partial charge in [0.15, 0.2) is 0 Å². The van der Waals surface area contributed by atoms with Crippen LogP contribution in [-0.2, 0) is 24.6 Å². The summed E-state index contributed by atoms with van der Waals surface area (Å²) in [7, 11) is 0. The topological polar surface area (TPSA) is 43.1 Å². The molecule has 0 aromatic rings. The molecule has 0 rings (SSSR count). The third-order valence-corrected chi connectivity index (χ3v) is 0.763. The number of hydrogen-bond acceptors (Lipinski definition) is 3. The molecule has 0 heterocycles. The molecule has 0 bridgehead atoms. The predicted molar refractivity (Wildman–Crippen MR) is 31.0 cm³/mol. The Hall–Kier alpha value is 0.806. The maximum Gasteiger partial charge on any atom is 0.240 e. The molecule has 2 N–H and O–H groups in total. The Morgan fingerprint density at radius 3 is 1.71 bits per heavy atom. The fourth-order valence-electron chi connectivity index (χ4n) is 0. The van der Waals surface area contributed by atoms with Crippen LogP contribution in [-0.4, -0.2) is 10.5 Å². The summed E-state index contributed by atoms with van der Waals surface area (Å²) in [4.78, 5) is 9.77. The molecule has 0 spiro atoms. The molecule has 0 aliphatic heterocycles. The molecule has 0 saturated heterocycles. The first-order valence-electron chi connectivity index (χ1n) is 1.30. The third-order valence-electron chi connectivity index (χ3n) is 0.254. The van der Waals surface area contributed by atoms with Gasteiger partial charge in [-0.25, -0.2) is 0 Å². The van der Waals surface area contributed by atoms with Crippen molar-refractivity contribution in [3.63, 3.8) is 0 Å². The van der Waals surface area contributed by atoms with Gasteiger partial charge in [0.1, 0.15) is 4.58 Å². The number of carbonyl (C=O) groups excluding carboxylic acids is 1. The van der Waals surface area contributed by atoms with E-state index in [2.05, 4.69) is 31.0 Å². The van der Waals surface area contributed by atoms with E-state index in [-0.39, 0.29) is 19.8 Å².